The van der Waals surface area contributed by atoms with Gasteiger partial charge in [-0.3, -0.25) is 0 Å². The molecule has 1 nitrogen and oxygen atoms in total. The Morgan fingerprint density at radius 2 is 2.11 bits per heavy atom. The average Bonchev–Trinajstić information content (AvgIpc) is 2.50. The molecule has 4 unspecified atom stereocenters. The topological polar surface area (TPSA) is 12.0 Å². The van der Waals surface area contributed by atoms with Gasteiger partial charge in [-0.05, 0) is 37.5 Å². The van der Waals surface area contributed by atoms with Crippen LogP contribution in [0.3, 0.4) is 0 Å². The Morgan fingerprint density at radius 1 is 1.11 bits per heavy atom. The molecule has 1 heterocycles. The summed E-state index contributed by atoms with van der Waals surface area (Å²) < 4.78 is 0. The van der Waals surface area contributed by atoms with E-state index < -0.39 is 0 Å². The van der Waals surface area contributed by atoms with Gasteiger partial charge in [-0.1, -0.05) is 0 Å². The predicted molar refractivity (Wildman–Crippen MR) is 36.2 cm³/mol. The molecule has 0 spiro atoms. The molecule has 3 aliphatic rings. The molecular weight excluding hydrogens is 110 g/mol. The third-order valence-corrected chi connectivity index (χ3v) is 3.37. The van der Waals surface area contributed by atoms with Gasteiger partial charge in [0, 0.05) is 12.1 Å². The molecule has 4 atom stereocenters. The highest BCUT2D eigenvalue weighted by Gasteiger charge is 2.50. The number of nitrogens with one attached hydrogen (secondary N) is 1. The number of hydrogen-bond donors (Lipinski definition) is 1. The van der Waals surface area contributed by atoms with Crippen molar-refractivity contribution in [2.45, 2.75) is 37.8 Å². The molecule has 1 aliphatic heterocycles. The molecule has 0 amide bonds. The zero-order chi connectivity index (χ0) is 5.84. The molecule has 50 valence electrons. The molecule has 1 heteroatoms. The summed E-state index contributed by atoms with van der Waals surface area (Å²) in [4.78, 5) is 0. The minimum atomic E-state index is 0.929. The molecule has 9 heavy (non-hydrogen) atoms. The first-order valence-electron chi connectivity index (χ1n) is 4.19. The van der Waals surface area contributed by atoms with Crippen molar-refractivity contribution in [1.29, 1.82) is 0 Å². The molecule has 2 bridgehead atoms. The van der Waals surface area contributed by atoms with Crippen LogP contribution in [-0.2, 0) is 0 Å². The van der Waals surface area contributed by atoms with E-state index >= 15 is 0 Å². The van der Waals surface area contributed by atoms with Gasteiger partial charge in [0.05, 0.1) is 0 Å². The van der Waals surface area contributed by atoms with E-state index in [4.69, 9.17) is 0 Å². The van der Waals surface area contributed by atoms with Crippen LogP contribution < -0.4 is 5.32 Å². The lowest BCUT2D eigenvalue weighted by Gasteiger charge is -2.18. The highest BCUT2D eigenvalue weighted by molar-refractivity contribution is 5.06. The largest absolute Gasteiger partial charge is 0.311 e. The highest BCUT2D eigenvalue weighted by Crippen LogP contribution is 2.50. The summed E-state index contributed by atoms with van der Waals surface area (Å²) in [7, 11) is 0. The lowest BCUT2D eigenvalue weighted by molar-refractivity contribution is 0.375. The van der Waals surface area contributed by atoms with Crippen molar-refractivity contribution in [3.63, 3.8) is 0 Å². The van der Waals surface area contributed by atoms with Gasteiger partial charge in [0.25, 0.3) is 0 Å². The van der Waals surface area contributed by atoms with Crippen molar-refractivity contribution in [3.05, 3.63) is 0 Å². The van der Waals surface area contributed by atoms with E-state index in [1.54, 1.807) is 0 Å². The Morgan fingerprint density at radius 3 is 3.11 bits per heavy atom. The van der Waals surface area contributed by atoms with Crippen LogP contribution in [0.15, 0.2) is 0 Å². The third kappa shape index (κ3) is 0.536. The predicted octanol–water partition coefficient (Wildman–Crippen LogP) is 1.15. The number of piperidine rings is 1. The molecular formula is C8H13N. The zero-order valence-electron chi connectivity index (χ0n) is 5.64. The molecule has 0 aromatic rings. The van der Waals surface area contributed by atoms with Crippen molar-refractivity contribution in [2.75, 3.05) is 0 Å². The van der Waals surface area contributed by atoms with Crippen molar-refractivity contribution in [1.82, 2.24) is 5.32 Å². The lowest BCUT2D eigenvalue weighted by Crippen LogP contribution is -2.33. The average molecular weight is 123 g/mol. The van der Waals surface area contributed by atoms with Crippen LogP contribution in [-0.4, -0.2) is 12.1 Å². The molecule has 1 N–H and O–H groups in total. The third-order valence-electron chi connectivity index (χ3n) is 3.37. The molecule has 3 rings (SSSR count). The van der Waals surface area contributed by atoms with Crippen LogP contribution in [0.2, 0.25) is 0 Å². The van der Waals surface area contributed by atoms with Crippen LogP contribution in [0.4, 0.5) is 0 Å². The SMILES string of the molecule is C1CC2CC1NC1CC21. The normalized spacial score (nSPS) is 61.3. The smallest absolute Gasteiger partial charge is 0.0104 e. The van der Waals surface area contributed by atoms with Crippen LogP contribution in [0.5, 0.6) is 0 Å². The second-order valence-corrected chi connectivity index (χ2v) is 3.94. The standard InChI is InChI=1S/C8H13N/c1-2-6-3-5(1)7-4-8(7)9-6/h5-9H,1-4H2. The van der Waals surface area contributed by atoms with E-state index in [9.17, 15) is 0 Å². The maximum absolute atomic E-state index is 3.68. The molecule has 1 saturated heterocycles. The summed E-state index contributed by atoms with van der Waals surface area (Å²) >= 11 is 0. The first kappa shape index (κ1) is 4.73. The van der Waals surface area contributed by atoms with Crippen molar-refractivity contribution >= 4 is 0 Å². The second-order valence-electron chi connectivity index (χ2n) is 3.94. The highest BCUT2D eigenvalue weighted by atomic mass is 15.0. The fraction of sp³-hybridized carbons (Fsp3) is 1.00. The first-order valence-corrected chi connectivity index (χ1v) is 4.19. The Labute approximate surface area is 55.8 Å². The molecule has 3 fully saturated rings. The quantitative estimate of drug-likeness (QED) is 0.509. The van der Waals surface area contributed by atoms with Crippen LogP contribution in [0.25, 0.3) is 0 Å². The minimum absolute atomic E-state index is 0.929. The van der Waals surface area contributed by atoms with Crippen molar-refractivity contribution in [2.24, 2.45) is 11.8 Å². The number of fused-ring (bicyclic) bond motifs is 4. The maximum atomic E-state index is 3.68. The lowest BCUT2D eigenvalue weighted by atomic mass is 10.00. The monoisotopic (exact) mass is 123 g/mol. The summed E-state index contributed by atoms with van der Waals surface area (Å²) in [6.45, 7) is 0. The van der Waals surface area contributed by atoms with Gasteiger partial charge in [-0.15, -0.1) is 0 Å². The fourth-order valence-electron chi connectivity index (χ4n) is 2.79. The van der Waals surface area contributed by atoms with Crippen LogP contribution >= 0.6 is 0 Å². The van der Waals surface area contributed by atoms with Gasteiger partial charge < -0.3 is 5.32 Å². The van der Waals surface area contributed by atoms with E-state index in [2.05, 4.69) is 5.32 Å². The first-order chi connectivity index (χ1) is 4.43. The summed E-state index contributed by atoms with van der Waals surface area (Å²) in [5.41, 5.74) is 0. The van der Waals surface area contributed by atoms with Crippen LogP contribution in [0.1, 0.15) is 25.7 Å². The Hall–Kier alpha value is -0.0400. The van der Waals surface area contributed by atoms with Crippen LogP contribution in [0, 0.1) is 11.8 Å². The van der Waals surface area contributed by atoms with Crippen molar-refractivity contribution < 1.29 is 0 Å². The van der Waals surface area contributed by atoms with Gasteiger partial charge in [0.2, 0.25) is 0 Å². The Balaban J connectivity index is 1.90. The van der Waals surface area contributed by atoms with Gasteiger partial charge in [0.1, 0.15) is 0 Å². The number of rotatable bonds is 0. The number of hydrogen-bond acceptors (Lipinski definition) is 1. The van der Waals surface area contributed by atoms with Gasteiger partial charge in [0.15, 0.2) is 0 Å². The summed E-state index contributed by atoms with van der Waals surface area (Å²) in [6.07, 6.45) is 6.00. The van der Waals surface area contributed by atoms with E-state index in [-0.39, 0.29) is 0 Å². The summed E-state index contributed by atoms with van der Waals surface area (Å²) in [5, 5.41) is 3.68. The van der Waals surface area contributed by atoms with E-state index in [0.717, 1.165) is 23.9 Å². The van der Waals surface area contributed by atoms with Crippen molar-refractivity contribution in [3.8, 4) is 0 Å². The summed E-state index contributed by atoms with van der Waals surface area (Å²) in [6, 6.07) is 1.90. The van der Waals surface area contributed by atoms with E-state index in [1.165, 1.54) is 25.7 Å². The van der Waals surface area contributed by atoms with E-state index in [1.807, 2.05) is 0 Å². The van der Waals surface area contributed by atoms with Gasteiger partial charge >= 0.3 is 0 Å². The minimum Gasteiger partial charge on any atom is -0.311 e. The zero-order valence-corrected chi connectivity index (χ0v) is 5.64. The fourth-order valence-corrected chi connectivity index (χ4v) is 2.79. The van der Waals surface area contributed by atoms with Gasteiger partial charge in [-0.2, -0.15) is 0 Å². The molecule has 2 aliphatic carbocycles. The van der Waals surface area contributed by atoms with Gasteiger partial charge in [-0.25, -0.2) is 0 Å². The molecule has 0 aromatic carbocycles. The summed E-state index contributed by atoms with van der Waals surface area (Å²) in [5.74, 6) is 2.25. The maximum Gasteiger partial charge on any atom is 0.0104 e. The Kier molecular flexibility index (Phi) is 0.704. The second kappa shape index (κ2) is 1.34. The van der Waals surface area contributed by atoms with E-state index in [0.29, 0.717) is 0 Å². The molecule has 0 radical (unpaired) electrons. The molecule has 2 saturated carbocycles. The Bertz CT molecular complexity index is 142. The molecule has 0 aromatic heterocycles.